The zero-order valence-corrected chi connectivity index (χ0v) is 17.4. The van der Waals surface area contributed by atoms with Crippen LogP contribution in [0.25, 0.3) is 0 Å². The smallest absolute Gasteiger partial charge is 0.254 e. The van der Waals surface area contributed by atoms with Gasteiger partial charge in [0.25, 0.3) is 5.91 Å². The van der Waals surface area contributed by atoms with Gasteiger partial charge in [-0.25, -0.2) is 8.42 Å². The Labute approximate surface area is 174 Å². The van der Waals surface area contributed by atoms with Crippen LogP contribution in [-0.4, -0.2) is 53.7 Å². The summed E-state index contributed by atoms with van der Waals surface area (Å²) in [6, 6.07) is 15.5. The van der Waals surface area contributed by atoms with Crippen molar-refractivity contribution in [1.29, 1.82) is 0 Å². The van der Waals surface area contributed by atoms with E-state index >= 15 is 0 Å². The minimum absolute atomic E-state index is 0.0188. The Bertz CT molecular complexity index is 1100. The molecule has 0 bridgehead atoms. The molecule has 6 nitrogen and oxygen atoms in total. The number of amidine groups is 1. The monoisotopic (exact) mass is 427 g/mol. The molecule has 0 saturated carbocycles. The number of hydrogen-bond acceptors (Lipinski definition) is 6. The Hall–Kier alpha value is -2.32. The fraction of sp³-hybridized carbons (Fsp3) is 0.333. The van der Waals surface area contributed by atoms with Gasteiger partial charge in [-0.2, -0.15) is 0 Å². The standard InChI is InChI=1S/C21H21N3O3S2/c25-20(24-10-9-14-3-1-2-4-16(14)11-24)15-5-7-17(8-6-15)22-21-23-18-12-29(26,27)13-19(18)28-21/h1-8,18-19H,9-13H2,(H,22,23)/t18-,19+/m0/s1. The molecule has 8 heteroatoms. The van der Waals surface area contributed by atoms with Gasteiger partial charge in [0.15, 0.2) is 15.0 Å². The van der Waals surface area contributed by atoms with Gasteiger partial charge in [0, 0.05) is 29.6 Å². The van der Waals surface area contributed by atoms with E-state index in [1.807, 2.05) is 41.3 Å². The lowest BCUT2D eigenvalue weighted by Crippen LogP contribution is -2.35. The molecular formula is C21H21N3O3S2. The zero-order chi connectivity index (χ0) is 20.0. The lowest BCUT2D eigenvalue weighted by molar-refractivity contribution is 0.0734. The molecule has 3 heterocycles. The maximum absolute atomic E-state index is 12.9. The van der Waals surface area contributed by atoms with Crippen LogP contribution in [0, 0.1) is 0 Å². The van der Waals surface area contributed by atoms with Crippen molar-refractivity contribution >= 4 is 38.4 Å². The summed E-state index contributed by atoms with van der Waals surface area (Å²) in [5.74, 6) is 0.379. The Balaban J connectivity index is 1.24. The third-order valence-electron chi connectivity index (χ3n) is 5.62. The molecule has 2 aromatic rings. The fourth-order valence-corrected chi connectivity index (χ4v) is 7.76. The van der Waals surface area contributed by atoms with E-state index in [2.05, 4.69) is 22.4 Å². The molecule has 3 aliphatic rings. The van der Waals surface area contributed by atoms with Crippen LogP contribution in [0.3, 0.4) is 0 Å². The van der Waals surface area contributed by atoms with Crippen molar-refractivity contribution in [3.8, 4) is 0 Å². The number of nitrogens with zero attached hydrogens (tertiary/aromatic N) is 2. The van der Waals surface area contributed by atoms with Crippen LogP contribution >= 0.6 is 11.8 Å². The van der Waals surface area contributed by atoms with E-state index in [1.54, 1.807) is 0 Å². The fourth-order valence-electron chi connectivity index (χ4n) is 4.09. The van der Waals surface area contributed by atoms with Crippen LogP contribution in [0.4, 0.5) is 5.69 Å². The number of carbonyl (C=O) groups is 1. The normalized spacial score (nSPS) is 24.6. The van der Waals surface area contributed by atoms with Crippen LogP contribution in [0.15, 0.2) is 53.5 Å². The summed E-state index contributed by atoms with van der Waals surface area (Å²) >= 11 is 1.49. The first-order valence-electron chi connectivity index (χ1n) is 9.65. The summed E-state index contributed by atoms with van der Waals surface area (Å²) in [5.41, 5.74) is 4.05. The van der Waals surface area contributed by atoms with E-state index in [1.165, 1.54) is 22.9 Å². The Morgan fingerprint density at radius 3 is 2.59 bits per heavy atom. The average molecular weight is 428 g/mol. The number of nitrogens with one attached hydrogen (secondary N) is 1. The first-order valence-corrected chi connectivity index (χ1v) is 12.3. The highest BCUT2D eigenvalue weighted by Crippen LogP contribution is 2.34. The van der Waals surface area contributed by atoms with E-state index in [-0.39, 0.29) is 28.7 Å². The molecule has 0 spiro atoms. The number of benzene rings is 2. The molecule has 0 aliphatic carbocycles. The molecule has 1 saturated heterocycles. The molecule has 150 valence electrons. The highest BCUT2D eigenvalue weighted by Gasteiger charge is 2.42. The summed E-state index contributed by atoms with van der Waals surface area (Å²) in [5, 5.41) is 4.02. The first kappa shape index (κ1) is 18.7. The predicted octanol–water partition coefficient (Wildman–Crippen LogP) is 2.57. The topological polar surface area (TPSA) is 78.8 Å². The van der Waals surface area contributed by atoms with E-state index in [0.717, 1.165) is 23.8 Å². The molecule has 1 fully saturated rings. The van der Waals surface area contributed by atoms with Crippen molar-refractivity contribution in [2.45, 2.75) is 24.3 Å². The van der Waals surface area contributed by atoms with Gasteiger partial charge in [-0.05, 0) is 41.8 Å². The van der Waals surface area contributed by atoms with Gasteiger partial charge in [0.1, 0.15) is 0 Å². The van der Waals surface area contributed by atoms with Gasteiger partial charge in [-0.3, -0.25) is 9.79 Å². The predicted molar refractivity (Wildman–Crippen MR) is 116 cm³/mol. The van der Waals surface area contributed by atoms with Crippen molar-refractivity contribution in [2.24, 2.45) is 4.99 Å². The molecule has 3 aliphatic heterocycles. The molecule has 5 rings (SSSR count). The summed E-state index contributed by atoms with van der Waals surface area (Å²) in [6.07, 6.45) is 0.886. The summed E-state index contributed by atoms with van der Waals surface area (Å²) in [7, 11) is -2.94. The van der Waals surface area contributed by atoms with E-state index in [0.29, 0.717) is 12.1 Å². The molecule has 1 amide bonds. The van der Waals surface area contributed by atoms with E-state index in [4.69, 9.17) is 0 Å². The van der Waals surface area contributed by atoms with Crippen molar-refractivity contribution in [2.75, 3.05) is 23.4 Å². The SMILES string of the molecule is O=C(c1ccc(NC2=N[C@H]3CS(=O)(=O)C[C@H]3S2)cc1)N1CCc2ccccc2C1. The van der Waals surface area contributed by atoms with Crippen LogP contribution in [0.5, 0.6) is 0 Å². The van der Waals surface area contributed by atoms with Gasteiger partial charge < -0.3 is 10.2 Å². The molecule has 2 atom stereocenters. The van der Waals surface area contributed by atoms with E-state index in [9.17, 15) is 13.2 Å². The number of sulfone groups is 1. The van der Waals surface area contributed by atoms with Crippen molar-refractivity contribution in [3.05, 3.63) is 65.2 Å². The molecular weight excluding hydrogens is 406 g/mol. The number of hydrogen-bond donors (Lipinski definition) is 1. The molecule has 0 radical (unpaired) electrons. The molecule has 1 N–H and O–H groups in total. The van der Waals surface area contributed by atoms with Crippen molar-refractivity contribution in [3.63, 3.8) is 0 Å². The second kappa shape index (κ2) is 7.18. The molecule has 0 aromatic heterocycles. The third-order valence-corrected chi connectivity index (χ3v) is 8.76. The molecule has 2 aromatic carbocycles. The minimum atomic E-state index is -2.94. The summed E-state index contributed by atoms with van der Waals surface area (Å²) in [4.78, 5) is 19.3. The van der Waals surface area contributed by atoms with Gasteiger partial charge in [0.2, 0.25) is 0 Å². The number of fused-ring (bicyclic) bond motifs is 2. The average Bonchev–Trinajstić information content (AvgIpc) is 3.20. The number of carbonyl (C=O) groups excluding carboxylic acids is 1. The number of rotatable bonds is 2. The van der Waals surface area contributed by atoms with Crippen LogP contribution in [0.1, 0.15) is 21.5 Å². The second-order valence-electron chi connectivity index (χ2n) is 7.68. The van der Waals surface area contributed by atoms with Gasteiger partial charge >= 0.3 is 0 Å². The van der Waals surface area contributed by atoms with Crippen LogP contribution < -0.4 is 5.32 Å². The number of amides is 1. The third kappa shape index (κ3) is 3.79. The quantitative estimate of drug-likeness (QED) is 0.797. The largest absolute Gasteiger partial charge is 0.335 e. The summed E-state index contributed by atoms with van der Waals surface area (Å²) < 4.78 is 23.3. The second-order valence-corrected chi connectivity index (χ2v) is 11.1. The Kier molecular flexibility index (Phi) is 4.63. The number of anilines is 1. The number of aliphatic imine (C=N–C) groups is 1. The Morgan fingerprint density at radius 2 is 1.83 bits per heavy atom. The lowest BCUT2D eigenvalue weighted by atomic mass is 9.99. The van der Waals surface area contributed by atoms with Crippen molar-refractivity contribution < 1.29 is 13.2 Å². The molecule has 29 heavy (non-hydrogen) atoms. The van der Waals surface area contributed by atoms with Gasteiger partial charge in [-0.15, -0.1) is 0 Å². The summed E-state index contributed by atoms with van der Waals surface area (Å²) in [6.45, 7) is 1.38. The highest BCUT2D eigenvalue weighted by molar-refractivity contribution is 8.15. The Morgan fingerprint density at radius 1 is 1.07 bits per heavy atom. The highest BCUT2D eigenvalue weighted by atomic mass is 32.2. The van der Waals surface area contributed by atoms with Crippen LogP contribution in [0.2, 0.25) is 0 Å². The van der Waals surface area contributed by atoms with E-state index < -0.39 is 9.84 Å². The first-order chi connectivity index (χ1) is 14.0. The minimum Gasteiger partial charge on any atom is -0.335 e. The molecule has 0 unspecified atom stereocenters. The maximum atomic E-state index is 12.9. The van der Waals surface area contributed by atoms with Gasteiger partial charge in [0.05, 0.1) is 17.5 Å². The van der Waals surface area contributed by atoms with Gasteiger partial charge in [-0.1, -0.05) is 36.0 Å². The van der Waals surface area contributed by atoms with Crippen LogP contribution in [-0.2, 0) is 22.8 Å². The van der Waals surface area contributed by atoms with Crippen molar-refractivity contribution in [1.82, 2.24) is 4.90 Å². The number of thioether (sulfide) groups is 1. The lowest BCUT2D eigenvalue weighted by Gasteiger charge is -2.29. The zero-order valence-electron chi connectivity index (χ0n) is 15.7. The maximum Gasteiger partial charge on any atom is 0.254 e.